The summed E-state index contributed by atoms with van der Waals surface area (Å²) in [4.78, 5) is 9.25. The number of rotatable bonds is 2. The van der Waals surface area contributed by atoms with Crippen LogP contribution in [-0.4, -0.2) is 39.4 Å². The Kier molecular flexibility index (Phi) is 3.60. The van der Waals surface area contributed by atoms with E-state index in [2.05, 4.69) is 9.98 Å². The van der Waals surface area contributed by atoms with Gasteiger partial charge in [-0.25, -0.2) is 0 Å². The predicted octanol–water partition coefficient (Wildman–Crippen LogP) is 3.05. The van der Waals surface area contributed by atoms with Gasteiger partial charge in [0.2, 0.25) is 0 Å². The molecule has 102 valence electrons. The van der Waals surface area contributed by atoms with E-state index in [-0.39, 0.29) is 0 Å². The molecule has 4 heteroatoms. The van der Waals surface area contributed by atoms with E-state index >= 15 is 0 Å². The number of nitrogens with zero attached hydrogens (tertiary/aromatic N) is 3. The van der Waals surface area contributed by atoms with Crippen LogP contribution in [0.4, 0.5) is 0 Å². The molecule has 0 spiro atoms. The van der Waals surface area contributed by atoms with E-state index in [9.17, 15) is 5.21 Å². The third-order valence-corrected chi connectivity index (χ3v) is 4.05. The molecule has 1 saturated carbocycles. The molecular formula is C14H25N3O. The lowest BCUT2D eigenvalue weighted by molar-refractivity contribution is -0.187. The maximum absolute atomic E-state index is 10.1. The molecule has 2 rings (SSSR count). The van der Waals surface area contributed by atoms with E-state index in [0.717, 1.165) is 5.71 Å². The fourth-order valence-corrected chi connectivity index (χ4v) is 2.86. The quantitative estimate of drug-likeness (QED) is 0.767. The lowest BCUT2D eigenvalue weighted by Crippen LogP contribution is -2.50. The van der Waals surface area contributed by atoms with Crippen molar-refractivity contribution < 1.29 is 5.21 Å². The Balaban J connectivity index is 2.10. The van der Waals surface area contributed by atoms with Gasteiger partial charge >= 0.3 is 0 Å². The van der Waals surface area contributed by atoms with Crippen molar-refractivity contribution in [3.8, 4) is 0 Å². The molecule has 0 atom stereocenters. The summed E-state index contributed by atoms with van der Waals surface area (Å²) in [6.45, 7) is 7.79. The van der Waals surface area contributed by atoms with Crippen LogP contribution >= 0.6 is 0 Å². The first-order valence-corrected chi connectivity index (χ1v) is 6.97. The second-order valence-electron chi connectivity index (χ2n) is 6.43. The van der Waals surface area contributed by atoms with Crippen LogP contribution < -0.4 is 0 Å². The zero-order valence-electron chi connectivity index (χ0n) is 12.0. The molecule has 0 aromatic heterocycles. The van der Waals surface area contributed by atoms with Gasteiger partial charge in [0.15, 0.2) is 0 Å². The SMILES string of the molecule is CC1(C)N=C(C=NC2CCCCC2)C(C)(C)N1O. The summed E-state index contributed by atoms with van der Waals surface area (Å²) in [5.41, 5.74) is -0.139. The molecule has 2 aliphatic rings. The maximum Gasteiger partial charge on any atom is 0.131 e. The lowest BCUT2D eigenvalue weighted by atomic mass is 9.95. The van der Waals surface area contributed by atoms with Crippen LogP contribution in [0.2, 0.25) is 0 Å². The van der Waals surface area contributed by atoms with Crippen molar-refractivity contribution in [1.82, 2.24) is 5.06 Å². The molecule has 1 aliphatic heterocycles. The first-order valence-electron chi connectivity index (χ1n) is 6.97. The average molecular weight is 251 g/mol. The van der Waals surface area contributed by atoms with Crippen LogP contribution in [-0.2, 0) is 0 Å². The zero-order chi connectivity index (χ0) is 13.4. The largest absolute Gasteiger partial charge is 0.311 e. The Bertz CT molecular complexity index is 365. The van der Waals surface area contributed by atoms with Crippen molar-refractivity contribution in [2.24, 2.45) is 9.98 Å². The van der Waals surface area contributed by atoms with E-state index in [1.165, 1.54) is 37.2 Å². The fraction of sp³-hybridized carbons (Fsp3) is 0.857. The van der Waals surface area contributed by atoms with E-state index in [1.807, 2.05) is 33.9 Å². The minimum absolute atomic E-state index is 0.452. The molecule has 0 radical (unpaired) electrons. The highest BCUT2D eigenvalue weighted by molar-refractivity contribution is 6.35. The Morgan fingerprint density at radius 2 is 1.83 bits per heavy atom. The smallest absolute Gasteiger partial charge is 0.131 e. The highest BCUT2D eigenvalue weighted by Gasteiger charge is 2.46. The van der Waals surface area contributed by atoms with Gasteiger partial charge in [0, 0.05) is 12.3 Å². The van der Waals surface area contributed by atoms with Gasteiger partial charge in [-0.2, -0.15) is 5.06 Å². The molecule has 0 amide bonds. The molecule has 0 unspecified atom stereocenters. The summed E-state index contributed by atoms with van der Waals surface area (Å²) < 4.78 is 0. The average Bonchev–Trinajstić information content (AvgIpc) is 2.48. The third-order valence-electron chi connectivity index (χ3n) is 4.05. The minimum atomic E-state index is -0.558. The molecule has 1 fully saturated rings. The van der Waals surface area contributed by atoms with Crippen molar-refractivity contribution in [3.63, 3.8) is 0 Å². The predicted molar refractivity (Wildman–Crippen MR) is 74.6 cm³/mol. The molecule has 1 N–H and O–H groups in total. The highest BCUT2D eigenvalue weighted by atomic mass is 16.5. The summed E-state index contributed by atoms with van der Waals surface area (Å²) in [5.74, 6) is 0. The van der Waals surface area contributed by atoms with Crippen LogP contribution in [0.5, 0.6) is 0 Å². The van der Waals surface area contributed by atoms with Gasteiger partial charge in [-0.1, -0.05) is 19.3 Å². The maximum atomic E-state index is 10.1. The monoisotopic (exact) mass is 251 g/mol. The van der Waals surface area contributed by atoms with Crippen molar-refractivity contribution >= 4 is 11.9 Å². The zero-order valence-corrected chi connectivity index (χ0v) is 12.0. The van der Waals surface area contributed by atoms with Gasteiger partial charge < -0.3 is 5.21 Å². The first kappa shape index (κ1) is 13.7. The van der Waals surface area contributed by atoms with Gasteiger partial charge in [0.25, 0.3) is 0 Å². The number of hydroxylamine groups is 2. The van der Waals surface area contributed by atoms with Gasteiger partial charge in [0.1, 0.15) is 5.66 Å². The molecule has 1 heterocycles. The van der Waals surface area contributed by atoms with E-state index < -0.39 is 11.2 Å². The third kappa shape index (κ3) is 2.50. The molecule has 4 nitrogen and oxygen atoms in total. The first-order chi connectivity index (χ1) is 8.34. The van der Waals surface area contributed by atoms with Crippen LogP contribution in [0.15, 0.2) is 9.98 Å². The van der Waals surface area contributed by atoms with Crippen LogP contribution in [0.3, 0.4) is 0 Å². The van der Waals surface area contributed by atoms with Crippen LogP contribution in [0.1, 0.15) is 59.8 Å². The molecule has 18 heavy (non-hydrogen) atoms. The van der Waals surface area contributed by atoms with Crippen molar-refractivity contribution in [2.45, 2.75) is 77.0 Å². The van der Waals surface area contributed by atoms with Crippen molar-refractivity contribution in [3.05, 3.63) is 0 Å². The lowest BCUT2D eigenvalue weighted by Gasteiger charge is -2.33. The second-order valence-corrected chi connectivity index (χ2v) is 6.43. The summed E-state index contributed by atoms with van der Waals surface area (Å²) in [5, 5.41) is 11.5. The second kappa shape index (κ2) is 4.74. The van der Waals surface area contributed by atoms with E-state index in [0.29, 0.717) is 6.04 Å². The summed E-state index contributed by atoms with van der Waals surface area (Å²) >= 11 is 0. The number of aliphatic imine (C=N–C) groups is 2. The molecule has 0 bridgehead atoms. The van der Waals surface area contributed by atoms with Gasteiger partial charge in [-0.15, -0.1) is 0 Å². The highest BCUT2D eigenvalue weighted by Crippen LogP contribution is 2.32. The van der Waals surface area contributed by atoms with E-state index in [4.69, 9.17) is 0 Å². The van der Waals surface area contributed by atoms with Crippen molar-refractivity contribution in [1.29, 1.82) is 0 Å². The Hall–Kier alpha value is -0.740. The summed E-state index contributed by atoms with van der Waals surface area (Å²) in [7, 11) is 0. The Morgan fingerprint density at radius 1 is 1.22 bits per heavy atom. The molecule has 0 aromatic rings. The van der Waals surface area contributed by atoms with Crippen LogP contribution in [0, 0.1) is 0 Å². The fourth-order valence-electron chi connectivity index (χ4n) is 2.86. The van der Waals surface area contributed by atoms with Gasteiger partial charge in [-0.05, 0) is 40.5 Å². The Labute approximate surface area is 110 Å². The van der Waals surface area contributed by atoms with Gasteiger partial charge in [0.05, 0.1) is 11.3 Å². The Morgan fingerprint density at radius 3 is 2.33 bits per heavy atom. The molecular weight excluding hydrogens is 226 g/mol. The van der Waals surface area contributed by atoms with Gasteiger partial charge in [-0.3, -0.25) is 9.98 Å². The standard InChI is InChI=1S/C14H25N3O/c1-13(2)12(16-14(3,4)17(13)18)10-15-11-8-6-5-7-9-11/h10-11,18H,5-9H2,1-4H3. The van der Waals surface area contributed by atoms with Crippen molar-refractivity contribution in [2.75, 3.05) is 0 Å². The molecule has 0 saturated heterocycles. The minimum Gasteiger partial charge on any atom is -0.311 e. The topological polar surface area (TPSA) is 48.2 Å². The number of hydrogen-bond acceptors (Lipinski definition) is 4. The molecule has 0 aromatic carbocycles. The van der Waals surface area contributed by atoms with Crippen LogP contribution in [0.25, 0.3) is 0 Å². The normalized spacial score (nSPS) is 28.8. The summed E-state index contributed by atoms with van der Waals surface area (Å²) in [6, 6.07) is 0.452. The van der Waals surface area contributed by atoms with E-state index in [1.54, 1.807) is 0 Å². The number of hydrogen-bond donors (Lipinski definition) is 1. The summed E-state index contributed by atoms with van der Waals surface area (Å²) in [6.07, 6.45) is 8.18. The molecule has 1 aliphatic carbocycles.